The predicted octanol–water partition coefficient (Wildman–Crippen LogP) is 5.08. The zero-order valence-corrected chi connectivity index (χ0v) is 10.6. The van der Waals surface area contributed by atoms with Crippen LogP contribution in [0, 0.1) is 5.41 Å². The van der Waals surface area contributed by atoms with E-state index >= 15 is 0 Å². The van der Waals surface area contributed by atoms with Crippen LogP contribution in [0.2, 0.25) is 0 Å². The number of hydrogen-bond acceptors (Lipinski definition) is 0. The van der Waals surface area contributed by atoms with E-state index in [9.17, 15) is 8.78 Å². The number of allylic oxidation sites excluding steroid dienone is 4. The normalized spacial score (nSPS) is 23.2. The van der Waals surface area contributed by atoms with Crippen molar-refractivity contribution >= 4 is 5.57 Å². The third-order valence-corrected chi connectivity index (χ3v) is 3.72. The average Bonchev–Trinajstić information content (AvgIpc) is 2.40. The molecule has 2 rings (SSSR count). The summed E-state index contributed by atoms with van der Waals surface area (Å²) in [7, 11) is 0. The molecule has 1 aromatic carbocycles. The summed E-state index contributed by atoms with van der Waals surface area (Å²) in [6.45, 7) is 1.98. The van der Waals surface area contributed by atoms with Gasteiger partial charge in [0.25, 0.3) is 0 Å². The van der Waals surface area contributed by atoms with Crippen LogP contribution in [0.1, 0.15) is 31.7 Å². The molecule has 1 unspecified atom stereocenters. The SMILES string of the molecule is CCC1(CC(F)F)C=CC(c2ccccc2)=CC1. The Morgan fingerprint density at radius 2 is 1.94 bits per heavy atom. The van der Waals surface area contributed by atoms with E-state index in [0.717, 1.165) is 17.6 Å². The molecule has 0 amide bonds. The molecular formula is C16H18F2. The van der Waals surface area contributed by atoms with Gasteiger partial charge in [0.1, 0.15) is 0 Å². The minimum absolute atomic E-state index is 0.0431. The van der Waals surface area contributed by atoms with Crippen molar-refractivity contribution in [3.8, 4) is 0 Å². The van der Waals surface area contributed by atoms with E-state index in [1.165, 1.54) is 0 Å². The summed E-state index contributed by atoms with van der Waals surface area (Å²) < 4.78 is 25.2. The van der Waals surface area contributed by atoms with Crippen molar-refractivity contribution in [2.24, 2.45) is 5.41 Å². The molecule has 1 aromatic rings. The Morgan fingerprint density at radius 1 is 1.22 bits per heavy atom. The Morgan fingerprint density at radius 3 is 2.44 bits per heavy atom. The second kappa shape index (κ2) is 5.47. The van der Waals surface area contributed by atoms with Crippen LogP contribution in [0.4, 0.5) is 8.78 Å². The minimum Gasteiger partial charge on any atom is -0.211 e. The first kappa shape index (κ1) is 13.0. The Bertz CT molecular complexity index is 445. The molecule has 0 spiro atoms. The first-order valence-electron chi connectivity index (χ1n) is 6.38. The van der Waals surface area contributed by atoms with Gasteiger partial charge < -0.3 is 0 Å². The molecule has 0 aliphatic heterocycles. The number of alkyl halides is 2. The van der Waals surface area contributed by atoms with Crippen LogP contribution in [-0.4, -0.2) is 6.43 Å². The minimum atomic E-state index is -2.23. The fourth-order valence-corrected chi connectivity index (χ4v) is 2.43. The van der Waals surface area contributed by atoms with E-state index in [0.29, 0.717) is 6.42 Å². The van der Waals surface area contributed by atoms with Crippen molar-refractivity contribution in [1.82, 2.24) is 0 Å². The molecule has 0 aromatic heterocycles. The quantitative estimate of drug-likeness (QED) is 0.697. The van der Waals surface area contributed by atoms with E-state index in [2.05, 4.69) is 6.08 Å². The van der Waals surface area contributed by atoms with Crippen molar-refractivity contribution in [1.29, 1.82) is 0 Å². The van der Waals surface area contributed by atoms with E-state index in [1.54, 1.807) is 0 Å². The molecule has 0 saturated heterocycles. The maximum absolute atomic E-state index is 12.6. The summed E-state index contributed by atoms with van der Waals surface area (Å²) in [4.78, 5) is 0. The fraction of sp³-hybridized carbons (Fsp3) is 0.375. The van der Waals surface area contributed by atoms with Gasteiger partial charge in [-0.3, -0.25) is 0 Å². The largest absolute Gasteiger partial charge is 0.239 e. The predicted molar refractivity (Wildman–Crippen MR) is 71.5 cm³/mol. The summed E-state index contributed by atoms with van der Waals surface area (Å²) in [6.07, 6.45) is 5.23. The molecule has 1 atom stereocenters. The highest BCUT2D eigenvalue weighted by Crippen LogP contribution is 2.40. The standard InChI is InChI=1S/C16H18F2/c1-2-16(12-15(17)18)10-8-14(9-11-16)13-6-4-3-5-7-13/h3-10,15H,2,11-12H2,1H3. The lowest BCUT2D eigenvalue weighted by Gasteiger charge is -2.31. The molecule has 0 saturated carbocycles. The zero-order valence-electron chi connectivity index (χ0n) is 10.6. The molecule has 0 heterocycles. The van der Waals surface area contributed by atoms with Gasteiger partial charge in [0.05, 0.1) is 0 Å². The smallest absolute Gasteiger partial charge is 0.211 e. The highest BCUT2D eigenvalue weighted by Gasteiger charge is 2.30. The molecule has 1 aliphatic carbocycles. The molecular weight excluding hydrogens is 230 g/mol. The van der Waals surface area contributed by atoms with Crippen molar-refractivity contribution in [3.05, 3.63) is 54.1 Å². The Labute approximate surface area is 107 Å². The van der Waals surface area contributed by atoms with Crippen LogP contribution in [0.5, 0.6) is 0 Å². The van der Waals surface area contributed by atoms with E-state index in [4.69, 9.17) is 0 Å². The van der Waals surface area contributed by atoms with E-state index in [-0.39, 0.29) is 11.8 Å². The van der Waals surface area contributed by atoms with Gasteiger partial charge in [0.2, 0.25) is 6.43 Å². The van der Waals surface area contributed by atoms with Gasteiger partial charge >= 0.3 is 0 Å². The van der Waals surface area contributed by atoms with Crippen LogP contribution in [0.25, 0.3) is 5.57 Å². The Hall–Kier alpha value is -1.44. The highest BCUT2D eigenvalue weighted by molar-refractivity contribution is 5.75. The third kappa shape index (κ3) is 2.87. The molecule has 96 valence electrons. The van der Waals surface area contributed by atoms with Crippen LogP contribution in [-0.2, 0) is 0 Å². The van der Waals surface area contributed by atoms with Gasteiger partial charge in [-0.25, -0.2) is 8.78 Å². The molecule has 0 bridgehead atoms. The Balaban J connectivity index is 2.15. The number of halogens is 2. The van der Waals surface area contributed by atoms with Crippen LogP contribution >= 0.6 is 0 Å². The van der Waals surface area contributed by atoms with Crippen LogP contribution in [0.15, 0.2) is 48.6 Å². The molecule has 0 radical (unpaired) electrons. The first-order valence-corrected chi connectivity index (χ1v) is 6.38. The fourth-order valence-electron chi connectivity index (χ4n) is 2.43. The van der Waals surface area contributed by atoms with Crippen LogP contribution in [0.3, 0.4) is 0 Å². The average molecular weight is 248 g/mol. The number of benzene rings is 1. The lowest BCUT2D eigenvalue weighted by atomic mass is 9.75. The van der Waals surface area contributed by atoms with Crippen LogP contribution < -0.4 is 0 Å². The summed E-state index contributed by atoms with van der Waals surface area (Å²) >= 11 is 0. The van der Waals surface area contributed by atoms with Gasteiger partial charge in [-0.05, 0) is 29.4 Å². The lowest BCUT2D eigenvalue weighted by molar-refractivity contribution is 0.0903. The summed E-state index contributed by atoms with van der Waals surface area (Å²) in [5, 5.41) is 0. The number of rotatable bonds is 4. The summed E-state index contributed by atoms with van der Waals surface area (Å²) in [5.41, 5.74) is 1.93. The second-order valence-corrected chi connectivity index (χ2v) is 4.87. The molecule has 0 N–H and O–H groups in total. The van der Waals surface area contributed by atoms with E-state index < -0.39 is 6.43 Å². The molecule has 0 fully saturated rings. The second-order valence-electron chi connectivity index (χ2n) is 4.87. The van der Waals surface area contributed by atoms with Gasteiger partial charge in [-0.1, -0.05) is 55.5 Å². The summed E-state index contributed by atoms with van der Waals surface area (Å²) in [6, 6.07) is 10.0. The maximum Gasteiger partial charge on any atom is 0.239 e. The van der Waals surface area contributed by atoms with Crippen molar-refractivity contribution in [2.75, 3.05) is 0 Å². The highest BCUT2D eigenvalue weighted by atomic mass is 19.3. The van der Waals surface area contributed by atoms with Gasteiger partial charge in [0, 0.05) is 6.42 Å². The lowest BCUT2D eigenvalue weighted by Crippen LogP contribution is -2.21. The van der Waals surface area contributed by atoms with Crippen molar-refractivity contribution < 1.29 is 8.78 Å². The summed E-state index contributed by atoms with van der Waals surface area (Å²) in [5.74, 6) is 0. The van der Waals surface area contributed by atoms with E-state index in [1.807, 2.05) is 49.4 Å². The van der Waals surface area contributed by atoms with Gasteiger partial charge in [0.15, 0.2) is 0 Å². The number of hydrogen-bond donors (Lipinski definition) is 0. The molecule has 0 nitrogen and oxygen atoms in total. The zero-order chi connectivity index (χ0) is 13.0. The maximum atomic E-state index is 12.6. The molecule has 18 heavy (non-hydrogen) atoms. The third-order valence-electron chi connectivity index (χ3n) is 3.72. The van der Waals surface area contributed by atoms with Crippen molar-refractivity contribution in [3.63, 3.8) is 0 Å². The van der Waals surface area contributed by atoms with Gasteiger partial charge in [-0.2, -0.15) is 0 Å². The monoisotopic (exact) mass is 248 g/mol. The van der Waals surface area contributed by atoms with Crippen molar-refractivity contribution in [2.45, 2.75) is 32.6 Å². The molecule has 1 aliphatic rings. The topological polar surface area (TPSA) is 0 Å². The molecule has 2 heteroatoms. The van der Waals surface area contributed by atoms with Gasteiger partial charge in [-0.15, -0.1) is 0 Å². The first-order chi connectivity index (χ1) is 8.65. The Kier molecular flexibility index (Phi) is 3.95.